The second-order valence-corrected chi connectivity index (χ2v) is 10.6. The predicted molar refractivity (Wildman–Crippen MR) is 161 cm³/mol. The zero-order valence-electron chi connectivity index (χ0n) is 22.6. The van der Waals surface area contributed by atoms with Crippen molar-refractivity contribution < 1.29 is 9.47 Å². The number of halogens is 2. The van der Waals surface area contributed by atoms with E-state index in [0.29, 0.717) is 41.3 Å². The number of rotatable bonds is 11. The summed E-state index contributed by atoms with van der Waals surface area (Å²) in [7, 11) is 0. The van der Waals surface area contributed by atoms with Crippen LogP contribution in [-0.4, -0.2) is 13.2 Å². The maximum atomic E-state index is 9.20. The Morgan fingerprint density at radius 1 is 0.846 bits per heavy atom. The van der Waals surface area contributed by atoms with E-state index < -0.39 is 0 Å². The van der Waals surface area contributed by atoms with Gasteiger partial charge in [0.2, 0.25) is 0 Å². The maximum Gasteiger partial charge on any atom is 0.156 e. The summed E-state index contributed by atoms with van der Waals surface area (Å²) in [5, 5.41) is 10.2. The third-order valence-corrected chi connectivity index (χ3v) is 7.51. The standard InChI is InChI=1S/C34H33Cl2NO2/c1-4-26(30-14-11-28(21-24(30)3)31-8-6-5-7-27(31)15-16-37)22-25-9-12-29(13-10-25)38-17-18-39-34-32(35)19-23(2)20-33(34)36/h5-14,19-21,26H,4,15,17-18,22H2,1-3H3. The highest BCUT2D eigenvalue weighted by Crippen LogP contribution is 2.34. The third-order valence-electron chi connectivity index (χ3n) is 6.95. The lowest BCUT2D eigenvalue weighted by Gasteiger charge is -2.20. The van der Waals surface area contributed by atoms with Crippen molar-refractivity contribution in [2.24, 2.45) is 0 Å². The zero-order chi connectivity index (χ0) is 27.8. The summed E-state index contributed by atoms with van der Waals surface area (Å²) in [4.78, 5) is 0. The van der Waals surface area contributed by atoms with Gasteiger partial charge in [-0.3, -0.25) is 0 Å². The summed E-state index contributed by atoms with van der Waals surface area (Å²) in [6.07, 6.45) is 2.41. The molecular weight excluding hydrogens is 525 g/mol. The van der Waals surface area contributed by atoms with Crippen LogP contribution in [0, 0.1) is 25.2 Å². The van der Waals surface area contributed by atoms with Crippen LogP contribution >= 0.6 is 23.2 Å². The normalized spacial score (nSPS) is 11.6. The first-order valence-corrected chi connectivity index (χ1v) is 14.0. The van der Waals surface area contributed by atoms with Gasteiger partial charge >= 0.3 is 0 Å². The first kappa shape index (κ1) is 28.6. The predicted octanol–water partition coefficient (Wildman–Crippen LogP) is 9.54. The quantitative estimate of drug-likeness (QED) is 0.172. The van der Waals surface area contributed by atoms with Crippen LogP contribution in [0.25, 0.3) is 11.1 Å². The molecule has 0 aliphatic rings. The smallest absolute Gasteiger partial charge is 0.156 e. The molecule has 200 valence electrons. The van der Waals surface area contributed by atoms with Crippen molar-refractivity contribution in [2.45, 2.75) is 46.0 Å². The molecule has 1 unspecified atom stereocenters. The van der Waals surface area contributed by atoms with Crippen LogP contribution < -0.4 is 9.47 Å². The first-order valence-electron chi connectivity index (χ1n) is 13.3. The molecule has 0 radical (unpaired) electrons. The number of hydrogen-bond donors (Lipinski definition) is 0. The molecule has 4 aromatic carbocycles. The minimum Gasteiger partial charge on any atom is -0.490 e. The van der Waals surface area contributed by atoms with E-state index in [0.717, 1.165) is 40.8 Å². The Kier molecular flexibility index (Phi) is 9.93. The average Bonchev–Trinajstić information content (AvgIpc) is 2.92. The molecule has 0 spiro atoms. The maximum absolute atomic E-state index is 9.20. The van der Waals surface area contributed by atoms with Gasteiger partial charge in [0, 0.05) is 0 Å². The lowest BCUT2D eigenvalue weighted by Crippen LogP contribution is -2.09. The van der Waals surface area contributed by atoms with Gasteiger partial charge in [0.25, 0.3) is 0 Å². The van der Waals surface area contributed by atoms with Gasteiger partial charge in [0.15, 0.2) is 5.75 Å². The van der Waals surface area contributed by atoms with E-state index in [1.165, 1.54) is 16.7 Å². The van der Waals surface area contributed by atoms with Gasteiger partial charge in [-0.25, -0.2) is 0 Å². The van der Waals surface area contributed by atoms with Crippen molar-refractivity contribution in [1.82, 2.24) is 0 Å². The van der Waals surface area contributed by atoms with E-state index in [1.807, 2.05) is 49.4 Å². The average molecular weight is 559 g/mol. The number of nitriles is 1. The van der Waals surface area contributed by atoms with Gasteiger partial charge in [-0.05, 0) is 95.8 Å². The summed E-state index contributed by atoms with van der Waals surface area (Å²) in [5.74, 6) is 1.70. The minimum atomic E-state index is 0.346. The molecule has 0 aliphatic carbocycles. The van der Waals surface area contributed by atoms with Crippen LogP contribution in [0.5, 0.6) is 11.5 Å². The van der Waals surface area contributed by atoms with E-state index in [2.05, 4.69) is 56.3 Å². The van der Waals surface area contributed by atoms with Crippen LogP contribution in [0.4, 0.5) is 0 Å². The molecule has 39 heavy (non-hydrogen) atoms. The second kappa shape index (κ2) is 13.6. The Hall–Kier alpha value is -3.45. The Bertz CT molecular complexity index is 1430. The number of aryl methyl sites for hydroxylation is 2. The van der Waals surface area contributed by atoms with Crippen LogP contribution in [0.15, 0.2) is 78.9 Å². The molecule has 3 nitrogen and oxygen atoms in total. The molecule has 4 rings (SSSR count). The van der Waals surface area contributed by atoms with Gasteiger partial charge in [-0.2, -0.15) is 5.26 Å². The largest absolute Gasteiger partial charge is 0.490 e. The minimum absolute atomic E-state index is 0.346. The summed E-state index contributed by atoms with van der Waals surface area (Å²) >= 11 is 12.5. The van der Waals surface area contributed by atoms with Crippen molar-refractivity contribution in [3.63, 3.8) is 0 Å². The van der Waals surface area contributed by atoms with E-state index in [9.17, 15) is 5.26 Å². The number of ether oxygens (including phenoxy) is 2. The van der Waals surface area contributed by atoms with Gasteiger partial charge in [-0.1, -0.05) is 84.7 Å². The van der Waals surface area contributed by atoms with Gasteiger partial charge < -0.3 is 9.47 Å². The molecule has 0 aliphatic heterocycles. The molecule has 0 aromatic heterocycles. The topological polar surface area (TPSA) is 42.2 Å². The Morgan fingerprint density at radius 3 is 2.21 bits per heavy atom. The van der Waals surface area contributed by atoms with Crippen LogP contribution in [0.2, 0.25) is 10.0 Å². The molecule has 0 saturated heterocycles. The summed E-state index contributed by atoms with van der Waals surface area (Å²) < 4.78 is 11.6. The Balaban J connectivity index is 1.36. The van der Waals surface area contributed by atoms with E-state index in [4.69, 9.17) is 32.7 Å². The molecule has 1 atom stereocenters. The van der Waals surface area contributed by atoms with Crippen molar-refractivity contribution in [1.29, 1.82) is 5.26 Å². The molecule has 0 N–H and O–H groups in total. The highest BCUT2D eigenvalue weighted by Gasteiger charge is 2.15. The molecule has 4 aromatic rings. The molecule has 0 bridgehead atoms. The molecule has 0 fully saturated rings. The van der Waals surface area contributed by atoms with Crippen molar-refractivity contribution in [3.8, 4) is 28.7 Å². The van der Waals surface area contributed by atoms with Gasteiger partial charge in [0.1, 0.15) is 19.0 Å². The van der Waals surface area contributed by atoms with Crippen LogP contribution in [0.1, 0.15) is 47.1 Å². The third kappa shape index (κ3) is 7.35. The fraction of sp³-hybridized carbons (Fsp3) is 0.265. The van der Waals surface area contributed by atoms with Crippen molar-refractivity contribution >= 4 is 23.2 Å². The fourth-order valence-electron chi connectivity index (χ4n) is 4.95. The van der Waals surface area contributed by atoms with E-state index in [-0.39, 0.29) is 0 Å². The van der Waals surface area contributed by atoms with E-state index >= 15 is 0 Å². The van der Waals surface area contributed by atoms with E-state index in [1.54, 1.807) is 0 Å². The SMILES string of the molecule is CCC(Cc1ccc(OCCOc2c(Cl)cc(C)cc2Cl)cc1)c1ccc(-c2ccccc2CC#N)cc1C. The highest BCUT2D eigenvalue weighted by atomic mass is 35.5. The molecule has 0 heterocycles. The van der Waals surface area contributed by atoms with Crippen LogP contribution in [0.3, 0.4) is 0 Å². The number of nitrogens with zero attached hydrogens (tertiary/aromatic N) is 1. The van der Waals surface area contributed by atoms with Gasteiger partial charge in [-0.15, -0.1) is 0 Å². The summed E-state index contributed by atoms with van der Waals surface area (Å²) in [6.45, 7) is 7.10. The van der Waals surface area contributed by atoms with Crippen molar-refractivity contribution in [3.05, 3.63) is 117 Å². The Morgan fingerprint density at radius 2 is 1.54 bits per heavy atom. The van der Waals surface area contributed by atoms with Crippen LogP contribution in [-0.2, 0) is 12.8 Å². The summed E-state index contributed by atoms with van der Waals surface area (Å²) in [5.41, 5.74) is 8.26. The second-order valence-electron chi connectivity index (χ2n) is 9.77. The lowest BCUT2D eigenvalue weighted by atomic mass is 9.85. The highest BCUT2D eigenvalue weighted by molar-refractivity contribution is 6.37. The Labute approximate surface area is 241 Å². The number of benzene rings is 4. The first-order chi connectivity index (χ1) is 18.9. The lowest BCUT2D eigenvalue weighted by molar-refractivity contribution is 0.217. The fourth-order valence-corrected chi connectivity index (χ4v) is 5.66. The zero-order valence-corrected chi connectivity index (χ0v) is 24.1. The van der Waals surface area contributed by atoms with Gasteiger partial charge in [0.05, 0.1) is 22.5 Å². The molecule has 5 heteroatoms. The molecular formula is C34H33Cl2NO2. The molecule has 0 amide bonds. The monoisotopic (exact) mass is 557 g/mol. The molecule has 0 saturated carbocycles. The summed E-state index contributed by atoms with van der Waals surface area (Å²) in [6, 6.07) is 29.1. The number of hydrogen-bond acceptors (Lipinski definition) is 3. The van der Waals surface area contributed by atoms with Crippen molar-refractivity contribution in [2.75, 3.05) is 13.2 Å².